The van der Waals surface area contributed by atoms with Crippen molar-refractivity contribution in [3.63, 3.8) is 0 Å². The average Bonchev–Trinajstić information content (AvgIpc) is 3.25. The van der Waals surface area contributed by atoms with E-state index >= 15 is 0 Å². The number of para-hydroxylation sites is 3. The molecule has 0 bridgehead atoms. The van der Waals surface area contributed by atoms with E-state index in [2.05, 4.69) is 28.1 Å². The Hall–Kier alpha value is -3.31. The summed E-state index contributed by atoms with van der Waals surface area (Å²) in [5.74, 6) is 1.97. The molecule has 0 spiro atoms. The van der Waals surface area contributed by atoms with Gasteiger partial charge in [0.25, 0.3) is 0 Å². The smallest absolute Gasteiger partial charge is 0.224 e. The molecule has 0 fully saturated rings. The lowest BCUT2D eigenvalue weighted by Crippen LogP contribution is -2.26. The second kappa shape index (κ2) is 13.8. The van der Waals surface area contributed by atoms with Gasteiger partial charge in [-0.2, -0.15) is 0 Å². The molecule has 0 aliphatic rings. The molecule has 0 saturated heterocycles. The Bertz CT molecular complexity index is 1300. The number of nitrogens with one attached hydrogen (secondary N) is 1. The Labute approximate surface area is 224 Å². The van der Waals surface area contributed by atoms with E-state index in [0.29, 0.717) is 24.6 Å². The van der Waals surface area contributed by atoms with Gasteiger partial charge < -0.3 is 14.6 Å². The maximum atomic E-state index is 12.3. The van der Waals surface area contributed by atoms with Gasteiger partial charge in [0.2, 0.25) is 5.91 Å². The van der Waals surface area contributed by atoms with Crippen LogP contribution in [0.2, 0.25) is 5.02 Å². The van der Waals surface area contributed by atoms with Gasteiger partial charge in [-0.25, -0.2) is 4.98 Å². The summed E-state index contributed by atoms with van der Waals surface area (Å²) < 4.78 is 8.20. The highest BCUT2D eigenvalue weighted by molar-refractivity contribution is 6.32. The van der Waals surface area contributed by atoms with Crippen LogP contribution in [-0.2, 0) is 24.2 Å². The topological polar surface area (TPSA) is 56.2 Å². The SMILES string of the molecule is Cc1ccccc1CC(=O)NCCCCCc1nc2ccccc2n1CCCCOc1ccccc1Cl. The zero-order valence-corrected chi connectivity index (χ0v) is 22.3. The number of aryl methyl sites for hydroxylation is 3. The third-order valence-electron chi connectivity index (χ3n) is 6.62. The van der Waals surface area contributed by atoms with Crippen LogP contribution >= 0.6 is 11.6 Å². The van der Waals surface area contributed by atoms with E-state index in [1.54, 1.807) is 0 Å². The van der Waals surface area contributed by atoms with Crippen LogP contribution in [0.5, 0.6) is 5.75 Å². The summed E-state index contributed by atoms with van der Waals surface area (Å²) in [4.78, 5) is 17.2. The molecule has 4 aromatic rings. The summed E-state index contributed by atoms with van der Waals surface area (Å²) >= 11 is 6.18. The molecule has 0 aliphatic carbocycles. The van der Waals surface area contributed by atoms with Crippen molar-refractivity contribution in [2.24, 2.45) is 0 Å². The number of benzene rings is 3. The molecule has 0 atom stereocenters. The summed E-state index contributed by atoms with van der Waals surface area (Å²) in [6.07, 6.45) is 6.40. The molecule has 1 aromatic heterocycles. The number of carbonyl (C=O) groups is 1. The van der Waals surface area contributed by atoms with Crippen molar-refractivity contribution in [1.29, 1.82) is 0 Å². The van der Waals surface area contributed by atoms with Gasteiger partial charge in [0, 0.05) is 19.5 Å². The van der Waals surface area contributed by atoms with E-state index in [1.165, 1.54) is 5.52 Å². The number of amides is 1. The predicted molar refractivity (Wildman–Crippen MR) is 151 cm³/mol. The second-order valence-corrected chi connectivity index (χ2v) is 9.83. The summed E-state index contributed by atoms with van der Waals surface area (Å²) in [5.41, 5.74) is 4.49. The second-order valence-electron chi connectivity index (χ2n) is 9.42. The highest BCUT2D eigenvalue weighted by Crippen LogP contribution is 2.23. The molecule has 0 saturated carbocycles. The number of ether oxygens (including phenoxy) is 1. The molecule has 6 heteroatoms. The molecular formula is C31H36ClN3O2. The van der Waals surface area contributed by atoms with Gasteiger partial charge in [-0.1, -0.05) is 66.6 Å². The van der Waals surface area contributed by atoms with Crippen molar-refractivity contribution in [2.45, 2.75) is 58.4 Å². The van der Waals surface area contributed by atoms with E-state index in [0.717, 1.165) is 73.3 Å². The Morgan fingerprint density at radius 3 is 2.57 bits per heavy atom. The van der Waals surface area contributed by atoms with Crippen LogP contribution < -0.4 is 10.1 Å². The maximum Gasteiger partial charge on any atom is 0.224 e. The minimum atomic E-state index is 0.0922. The predicted octanol–water partition coefficient (Wildman–Crippen LogP) is 6.93. The fraction of sp³-hybridized carbons (Fsp3) is 0.355. The van der Waals surface area contributed by atoms with E-state index in [-0.39, 0.29) is 5.91 Å². The molecule has 1 amide bonds. The standard InChI is InChI=1S/C31H36ClN3O2/c1-24-13-4-5-14-25(24)23-31(36)33-20-10-2-3-19-30-34-27-16-7-8-17-28(27)35(30)21-11-12-22-37-29-18-9-6-15-26(29)32/h4-9,13-18H,2-3,10-12,19-23H2,1H3,(H,33,36). The Kier molecular flexibility index (Phi) is 10.0. The molecule has 4 rings (SSSR count). The molecule has 0 radical (unpaired) electrons. The van der Waals surface area contributed by atoms with Crippen molar-refractivity contribution in [2.75, 3.05) is 13.2 Å². The van der Waals surface area contributed by atoms with Crippen LogP contribution in [0.15, 0.2) is 72.8 Å². The van der Waals surface area contributed by atoms with Gasteiger partial charge in [0.05, 0.1) is 29.1 Å². The monoisotopic (exact) mass is 517 g/mol. The third kappa shape index (κ3) is 7.83. The van der Waals surface area contributed by atoms with Crippen molar-refractivity contribution >= 4 is 28.5 Å². The lowest BCUT2D eigenvalue weighted by atomic mass is 10.1. The number of halogens is 1. The first-order valence-electron chi connectivity index (χ1n) is 13.2. The minimum absolute atomic E-state index is 0.0922. The van der Waals surface area contributed by atoms with Gasteiger partial charge in [-0.15, -0.1) is 0 Å². The number of rotatable bonds is 14. The zero-order chi connectivity index (χ0) is 25.9. The van der Waals surface area contributed by atoms with Crippen LogP contribution in [0.25, 0.3) is 11.0 Å². The Morgan fingerprint density at radius 2 is 1.70 bits per heavy atom. The van der Waals surface area contributed by atoms with E-state index in [1.807, 2.05) is 61.5 Å². The molecule has 0 aliphatic heterocycles. The number of nitrogens with zero attached hydrogens (tertiary/aromatic N) is 2. The summed E-state index contributed by atoms with van der Waals surface area (Å²) in [5, 5.41) is 3.71. The van der Waals surface area contributed by atoms with Crippen LogP contribution in [0.3, 0.4) is 0 Å². The van der Waals surface area contributed by atoms with Crippen molar-refractivity contribution < 1.29 is 9.53 Å². The normalized spacial score (nSPS) is 11.1. The minimum Gasteiger partial charge on any atom is -0.492 e. The fourth-order valence-electron chi connectivity index (χ4n) is 4.54. The maximum absolute atomic E-state index is 12.3. The van der Waals surface area contributed by atoms with Crippen LogP contribution in [-0.4, -0.2) is 28.6 Å². The molecule has 1 heterocycles. The number of carbonyl (C=O) groups excluding carboxylic acids is 1. The lowest BCUT2D eigenvalue weighted by molar-refractivity contribution is -0.120. The van der Waals surface area contributed by atoms with Gasteiger partial charge in [0.1, 0.15) is 11.6 Å². The highest BCUT2D eigenvalue weighted by Gasteiger charge is 2.10. The highest BCUT2D eigenvalue weighted by atomic mass is 35.5. The number of imidazole rings is 1. The van der Waals surface area contributed by atoms with Gasteiger partial charge in [-0.3, -0.25) is 4.79 Å². The van der Waals surface area contributed by atoms with Crippen LogP contribution in [0, 0.1) is 6.92 Å². The summed E-state index contributed by atoms with van der Waals surface area (Å²) in [7, 11) is 0. The molecule has 37 heavy (non-hydrogen) atoms. The van der Waals surface area contributed by atoms with Crippen LogP contribution in [0.1, 0.15) is 49.1 Å². The van der Waals surface area contributed by atoms with E-state index in [9.17, 15) is 4.79 Å². The van der Waals surface area contributed by atoms with E-state index in [4.69, 9.17) is 21.3 Å². The summed E-state index contributed by atoms with van der Waals surface area (Å²) in [6, 6.07) is 24.0. The van der Waals surface area contributed by atoms with Gasteiger partial charge in [-0.05, 0) is 68.0 Å². The molecule has 1 N–H and O–H groups in total. The Morgan fingerprint density at radius 1 is 0.919 bits per heavy atom. The largest absolute Gasteiger partial charge is 0.492 e. The number of hydrogen-bond donors (Lipinski definition) is 1. The van der Waals surface area contributed by atoms with Crippen LogP contribution in [0.4, 0.5) is 0 Å². The first-order valence-corrected chi connectivity index (χ1v) is 13.6. The average molecular weight is 518 g/mol. The van der Waals surface area contributed by atoms with Gasteiger partial charge in [0.15, 0.2) is 0 Å². The zero-order valence-electron chi connectivity index (χ0n) is 21.6. The third-order valence-corrected chi connectivity index (χ3v) is 6.93. The quantitative estimate of drug-likeness (QED) is 0.184. The molecule has 5 nitrogen and oxygen atoms in total. The Balaban J connectivity index is 1.20. The molecule has 0 unspecified atom stereocenters. The van der Waals surface area contributed by atoms with Crippen molar-refractivity contribution in [1.82, 2.24) is 14.9 Å². The van der Waals surface area contributed by atoms with Gasteiger partial charge >= 0.3 is 0 Å². The number of fused-ring (bicyclic) bond motifs is 1. The number of unbranched alkanes of at least 4 members (excludes halogenated alkanes) is 3. The number of aromatic nitrogens is 2. The van der Waals surface area contributed by atoms with Crippen molar-refractivity contribution in [3.8, 4) is 5.75 Å². The lowest BCUT2D eigenvalue weighted by Gasteiger charge is -2.11. The molecular weight excluding hydrogens is 482 g/mol. The van der Waals surface area contributed by atoms with E-state index < -0.39 is 0 Å². The fourth-order valence-corrected chi connectivity index (χ4v) is 4.73. The number of hydrogen-bond acceptors (Lipinski definition) is 3. The van der Waals surface area contributed by atoms with Crippen molar-refractivity contribution in [3.05, 3.63) is 94.8 Å². The summed E-state index contributed by atoms with van der Waals surface area (Å²) in [6.45, 7) is 4.31. The first kappa shape index (κ1) is 26.7. The first-order chi connectivity index (χ1) is 18.1. The molecule has 194 valence electrons. The molecule has 3 aromatic carbocycles.